The van der Waals surface area contributed by atoms with E-state index in [1.54, 1.807) is 23.7 Å². The van der Waals surface area contributed by atoms with E-state index in [1.165, 1.54) is 4.88 Å². The average Bonchev–Trinajstić information content (AvgIpc) is 2.88. The molecule has 2 aromatic heterocycles. The lowest BCUT2D eigenvalue weighted by molar-refractivity contribution is 0.0940. The SMILES string of the molecule is CCc1cc(C(=O)NC(C)c2ccncc2)cs1. The number of thiophene rings is 1. The Morgan fingerprint density at radius 2 is 2.17 bits per heavy atom. The normalized spacial score (nSPS) is 12.1. The predicted molar refractivity (Wildman–Crippen MR) is 73.8 cm³/mol. The van der Waals surface area contributed by atoms with Crippen LogP contribution in [0.3, 0.4) is 0 Å². The number of aryl methyl sites for hydroxylation is 1. The van der Waals surface area contributed by atoms with Crippen molar-refractivity contribution in [1.82, 2.24) is 10.3 Å². The second-order valence-corrected chi connectivity index (χ2v) is 5.13. The molecule has 1 unspecified atom stereocenters. The van der Waals surface area contributed by atoms with Crippen LogP contribution in [0.15, 0.2) is 36.0 Å². The van der Waals surface area contributed by atoms with Gasteiger partial charge in [0.1, 0.15) is 0 Å². The summed E-state index contributed by atoms with van der Waals surface area (Å²) in [5.41, 5.74) is 1.81. The third-order valence-corrected chi connectivity index (χ3v) is 3.90. The molecule has 0 fully saturated rings. The van der Waals surface area contributed by atoms with Crippen LogP contribution in [0, 0.1) is 0 Å². The molecule has 0 saturated heterocycles. The molecular weight excluding hydrogens is 244 g/mol. The minimum absolute atomic E-state index is 0.00882. The van der Waals surface area contributed by atoms with Crippen molar-refractivity contribution < 1.29 is 4.79 Å². The molecule has 1 N–H and O–H groups in total. The minimum atomic E-state index is -0.0183. The lowest BCUT2D eigenvalue weighted by Crippen LogP contribution is -2.26. The fourth-order valence-corrected chi connectivity index (χ4v) is 2.52. The van der Waals surface area contributed by atoms with E-state index in [4.69, 9.17) is 0 Å². The molecule has 2 rings (SSSR count). The molecule has 1 amide bonds. The van der Waals surface area contributed by atoms with Gasteiger partial charge in [-0.2, -0.15) is 0 Å². The molecule has 3 nitrogen and oxygen atoms in total. The Kier molecular flexibility index (Phi) is 4.10. The van der Waals surface area contributed by atoms with Gasteiger partial charge in [0.2, 0.25) is 0 Å². The van der Waals surface area contributed by atoms with Gasteiger partial charge in [-0.1, -0.05) is 6.92 Å². The zero-order valence-electron chi connectivity index (χ0n) is 10.5. The number of hydrogen-bond acceptors (Lipinski definition) is 3. The van der Waals surface area contributed by atoms with Gasteiger partial charge in [0, 0.05) is 22.7 Å². The second-order valence-electron chi connectivity index (χ2n) is 4.13. The van der Waals surface area contributed by atoms with Crippen molar-refractivity contribution in [2.75, 3.05) is 0 Å². The first-order valence-electron chi connectivity index (χ1n) is 5.99. The van der Waals surface area contributed by atoms with Crippen molar-refractivity contribution >= 4 is 17.2 Å². The van der Waals surface area contributed by atoms with Crippen LogP contribution in [0.25, 0.3) is 0 Å². The number of pyridine rings is 1. The monoisotopic (exact) mass is 260 g/mol. The highest BCUT2D eigenvalue weighted by atomic mass is 32.1. The highest BCUT2D eigenvalue weighted by Crippen LogP contribution is 2.17. The van der Waals surface area contributed by atoms with E-state index in [0.717, 1.165) is 17.5 Å². The molecule has 0 aliphatic heterocycles. The maximum Gasteiger partial charge on any atom is 0.252 e. The van der Waals surface area contributed by atoms with Crippen LogP contribution < -0.4 is 5.32 Å². The topological polar surface area (TPSA) is 42.0 Å². The van der Waals surface area contributed by atoms with E-state index >= 15 is 0 Å². The molecule has 18 heavy (non-hydrogen) atoms. The van der Waals surface area contributed by atoms with Gasteiger partial charge in [0.25, 0.3) is 5.91 Å². The molecule has 0 aliphatic rings. The maximum atomic E-state index is 12.0. The van der Waals surface area contributed by atoms with E-state index in [1.807, 2.05) is 30.5 Å². The van der Waals surface area contributed by atoms with Gasteiger partial charge in [-0.3, -0.25) is 9.78 Å². The molecule has 2 aromatic rings. The van der Waals surface area contributed by atoms with Gasteiger partial charge in [-0.25, -0.2) is 0 Å². The van der Waals surface area contributed by atoms with Crippen LogP contribution in [0.1, 0.15) is 40.7 Å². The van der Waals surface area contributed by atoms with Crippen molar-refractivity contribution in [2.45, 2.75) is 26.3 Å². The largest absolute Gasteiger partial charge is 0.345 e. The first-order chi connectivity index (χ1) is 8.70. The third-order valence-electron chi connectivity index (χ3n) is 2.82. The third kappa shape index (κ3) is 2.96. The van der Waals surface area contributed by atoms with E-state index in [9.17, 15) is 4.79 Å². The highest BCUT2D eigenvalue weighted by Gasteiger charge is 2.12. The zero-order valence-corrected chi connectivity index (χ0v) is 11.3. The fourth-order valence-electron chi connectivity index (χ4n) is 1.70. The second kappa shape index (κ2) is 5.78. The summed E-state index contributed by atoms with van der Waals surface area (Å²) in [7, 11) is 0. The van der Waals surface area contributed by atoms with Gasteiger partial charge in [0.05, 0.1) is 11.6 Å². The number of hydrogen-bond donors (Lipinski definition) is 1. The number of nitrogens with zero attached hydrogens (tertiary/aromatic N) is 1. The van der Waals surface area contributed by atoms with Crippen molar-refractivity contribution in [3.8, 4) is 0 Å². The summed E-state index contributed by atoms with van der Waals surface area (Å²) in [5.74, 6) is -0.0183. The summed E-state index contributed by atoms with van der Waals surface area (Å²) < 4.78 is 0. The molecule has 0 radical (unpaired) electrons. The Hall–Kier alpha value is -1.68. The Bertz CT molecular complexity index is 522. The van der Waals surface area contributed by atoms with E-state index in [2.05, 4.69) is 17.2 Å². The summed E-state index contributed by atoms with van der Waals surface area (Å²) in [6.45, 7) is 4.06. The molecule has 0 aromatic carbocycles. The van der Waals surface area contributed by atoms with Crippen molar-refractivity contribution in [1.29, 1.82) is 0 Å². The number of amides is 1. The lowest BCUT2D eigenvalue weighted by atomic mass is 10.1. The Balaban J connectivity index is 2.03. The molecule has 2 heterocycles. The van der Waals surface area contributed by atoms with Gasteiger partial charge < -0.3 is 5.32 Å². The molecule has 94 valence electrons. The quantitative estimate of drug-likeness (QED) is 0.917. The molecular formula is C14H16N2OS. The van der Waals surface area contributed by atoms with Gasteiger partial charge in [-0.05, 0) is 37.1 Å². The van der Waals surface area contributed by atoms with Crippen LogP contribution in [0.2, 0.25) is 0 Å². The minimum Gasteiger partial charge on any atom is -0.345 e. The van der Waals surface area contributed by atoms with Gasteiger partial charge in [-0.15, -0.1) is 11.3 Å². The lowest BCUT2D eigenvalue weighted by Gasteiger charge is -2.13. The number of rotatable bonds is 4. The number of nitrogens with one attached hydrogen (secondary N) is 1. The predicted octanol–water partition coefficient (Wildman–Crippen LogP) is 3.20. The number of carbonyl (C=O) groups excluding carboxylic acids is 1. The Morgan fingerprint density at radius 1 is 1.44 bits per heavy atom. The van der Waals surface area contributed by atoms with E-state index < -0.39 is 0 Å². The van der Waals surface area contributed by atoms with E-state index in [0.29, 0.717) is 0 Å². The fraction of sp³-hybridized carbons (Fsp3) is 0.286. The van der Waals surface area contributed by atoms with Crippen LogP contribution in [-0.2, 0) is 6.42 Å². The Morgan fingerprint density at radius 3 is 2.78 bits per heavy atom. The standard InChI is InChI=1S/C14H16N2OS/c1-3-13-8-12(9-18-13)14(17)16-10(2)11-4-6-15-7-5-11/h4-10H,3H2,1-2H3,(H,16,17). The van der Waals surface area contributed by atoms with Crippen LogP contribution in [0.4, 0.5) is 0 Å². The average molecular weight is 260 g/mol. The van der Waals surface area contributed by atoms with Crippen molar-refractivity contribution in [3.05, 3.63) is 52.0 Å². The molecule has 0 saturated carbocycles. The summed E-state index contributed by atoms with van der Waals surface area (Å²) in [5, 5.41) is 4.90. The molecule has 1 atom stereocenters. The molecule has 0 bridgehead atoms. The van der Waals surface area contributed by atoms with Crippen LogP contribution in [-0.4, -0.2) is 10.9 Å². The van der Waals surface area contributed by atoms with Crippen LogP contribution in [0.5, 0.6) is 0 Å². The summed E-state index contributed by atoms with van der Waals surface area (Å²) in [6, 6.07) is 5.77. The van der Waals surface area contributed by atoms with Crippen molar-refractivity contribution in [2.24, 2.45) is 0 Å². The molecule has 0 spiro atoms. The first-order valence-corrected chi connectivity index (χ1v) is 6.87. The smallest absolute Gasteiger partial charge is 0.252 e. The zero-order chi connectivity index (χ0) is 13.0. The number of aromatic nitrogens is 1. The highest BCUT2D eigenvalue weighted by molar-refractivity contribution is 7.10. The summed E-state index contributed by atoms with van der Waals surface area (Å²) in [6.07, 6.45) is 4.44. The summed E-state index contributed by atoms with van der Waals surface area (Å²) >= 11 is 1.63. The van der Waals surface area contributed by atoms with Gasteiger partial charge in [0.15, 0.2) is 0 Å². The Labute approximate surface area is 111 Å². The first kappa shape index (κ1) is 12.8. The molecule has 0 aliphatic carbocycles. The van der Waals surface area contributed by atoms with Crippen LogP contribution >= 0.6 is 11.3 Å². The summed E-state index contributed by atoms with van der Waals surface area (Å²) in [4.78, 5) is 17.2. The number of carbonyl (C=O) groups is 1. The maximum absolute atomic E-state index is 12.0. The molecule has 4 heteroatoms. The van der Waals surface area contributed by atoms with E-state index in [-0.39, 0.29) is 11.9 Å². The van der Waals surface area contributed by atoms with Gasteiger partial charge >= 0.3 is 0 Å². The van der Waals surface area contributed by atoms with Crippen molar-refractivity contribution in [3.63, 3.8) is 0 Å².